The van der Waals surface area contributed by atoms with Gasteiger partial charge in [-0.15, -0.1) is 11.3 Å². The molecular formula is C19H22N4O4S2. The number of sulfonamides is 1. The van der Waals surface area contributed by atoms with Crippen molar-refractivity contribution >= 4 is 33.0 Å². The number of carbonyl (C=O) groups is 1. The zero-order valence-electron chi connectivity index (χ0n) is 16.3. The fraction of sp³-hybridized carbons (Fsp3) is 0.316. The average molecular weight is 435 g/mol. The van der Waals surface area contributed by atoms with E-state index < -0.39 is 15.9 Å². The first-order valence-electron chi connectivity index (χ1n) is 8.95. The van der Waals surface area contributed by atoms with Crippen molar-refractivity contribution < 1.29 is 17.7 Å². The SMILES string of the molecule is CC(C)c1ccc(N(CC(=O)NCc2nc(-c3cccs3)no2)S(C)(=O)=O)cc1. The largest absolute Gasteiger partial charge is 0.345 e. The Bertz CT molecular complexity index is 1060. The molecule has 0 aliphatic heterocycles. The molecular weight excluding hydrogens is 412 g/mol. The monoisotopic (exact) mass is 434 g/mol. The molecule has 0 bridgehead atoms. The summed E-state index contributed by atoms with van der Waals surface area (Å²) in [7, 11) is -3.63. The first-order chi connectivity index (χ1) is 13.7. The number of amides is 1. The zero-order valence-corrected chi connectivity index (χ0v) is 18.0. The molecule has 0 saturated carbocycles. The maximum absolute atomic E-state index is 12.4. The molecule has 0 fully saturated rings. The molecule has 0 saturated heterocycles. The molecule has 10 heteroatoms. The van der Waals surface area contributed by atoms with Crippen LogP contribution in [0.5, 0.6) is 0 Å². The molecule has 0 unspecified atom stereocenters. The van der Waals surface area contributed by atoms with Crippen LogP contribution >= 0.6 is 11.3 Å². The van der Waals surface area contributed by atoms with Crippen LogP contribution in [0.15, 0.2) is 46.3 Å². The van der Waals surface area contributed by atoms with Gasteiger partial charge >= 0.3 is 0 Å². The van der Waals surface area contributed by atoms with E-state index in [0.717, 1.165) is 21.0 Å². The van der Waals surface area contributed by atoms with Gasteiger partial charge in [-0.2, -0.15) is 4.98 Å². The van der Waals surface area contributed by atoms with E-state index in [1.54, 1.807) is 12.1 Å². The third kappa shape index (κ3) is 5.42. The molecule has 1 N–H and O–H groups in total. The molecule has 2 aromatic heterocycles. The first-order valence-corrected chi connectivity index (χ1v) is 11.7. The predicted octanol–water partition coefficient (Wildman–Crippen LogP) is 3.00. The van der Waals surface area contributed by atoms with Gasteiger partial charge in [-0.3, -0.25) is 9.10 Å². The highest BCUT2D eigenvalue weighted by molar-refractivity contribution is 7.92. The van der Waals surface area contributed by atoms with Crippen molar-refractivity contribution in [1.82, 2.24) is 15.5 Å². The van der Waals surface area contributed by atoms with Gasteiger partial charge in [0.05, 0.1) is 23.4 Å². The normalized spacial score (nSPS) is 11.6. The number of thiophene rings is 1. The second-order valence-corrected chi connectivity index (χ2v) is 9.64. The predicted molar refractivity (Wildman–Crippen MR) is 112 cm³/mol. The van der Waals surface area contributed by atoms with E-state index in [9.17, 15) is 13.2 Å². The Morgan fingerprint density at radius 2 is 1.97 bits per heavy atom. The highest BCUT2D eigenvalue weighted by Gasteiger charge is 2.21. The van der Waals surface area contributed by atoms with Gasteiger partial charge in [0.15, 0.2) is 0 Å². The van der Waals surface area contributed by atoms with Crippen LogP contribution in [0, 0.1) is 0 Å². The number of hydrogen-bond donors (Lipinski definition) is 1. The fourth-order valence-corrected chi connectivity index (χ4v) is 4.12. The van der Waals surface area contributed by atoms with E-state index in [2.05, 4.69) is 29.3 Å². The van der Waals surface area contributed by atoms with Crippen molar-refractivity contribution in [1.29, 1.82) is 0 Å². The van der Waals surface area contributed by atoms with Crippen LogP contribution in [0.3, 0.4) is 0 Å². The van der Waals surface area contributed by atoms with E-state index in [4.69, 9.17) is 4.52 Å². The molecule has 3 aromatic rings. The van der Waals surface area contributed by atoms with Crippen molar-refractivity contribution in [2.75, 3.05) is 17.1 Å². The quantitative estimate of drug-likeness (QED) is 0.584. The summed E-state index contributed by atoms with van der Waals surface area (Å²) < 4.78 is 30.6. The summed E-state index contributed by atoms with van der Waals surface area (Å²) in [5.74, 6) is 0.549. The molecule has 8 nitrogen and oxygen atoms in total. The van der Waals surface area contributed by atoms with Crippen molar-refractivity contribution in [2.45, 2.75) is 26.3 Å². The first kappa shape index (κ1) is 21.0. The highest BCUT2D eigenvalue weighted by Crippen LogP contribution is 2.22. The number of nitrogens with one attached hydrogen (secondary N) is 1. The van der Waals surface area contributed by atoms with E-state index in [1.165, 1.54) is 11.3 Å². The summed E-state index contributed by atoms with van der Waals surface area (Å²) in [6.07, 6.45) is 1.07. The second kappa shape index (κ2) is 8.75. The van der Waals surface area contributed by atoms with Gasteiger partial charge in [-0.05, 0) is 35.1 Å². The number of rotatable bonds is 8. The van der Waals surface area contributed by atoms with Crippen LogP contribution in [-0.2, 0) is 21.4 Å². The van der Waals surface area contributed by atoms with Crippen molar-refractivity contribution in [3.8, 4) is 10.7 Å². The van der Waals surface area contributed by atoms with Crippen LogP contribution in [0.4, 0.5) is 5.69 Å². The minimum absolute atomic E-state index is 0.0150. The topological polar surface area (TPSA) is 105 Å². The van der Waals surface area contributed by atoms with Crippen molar-refractivity contribution in [2.24, 2.45) is 0 Å². The standard InChI is InChI=1S/C19H22N4O4S2/c1-13(2)14-6-8-15(9-7-14)23(29(3,25)26)12-17(24)20-11-18-21-19(22-27-18)16-5-4-10-28-16/h4-10,13H,11-12H2,1-3H3,(H,20,24). The van der Waals surface area contributed by atoms with Crippen LogP contribution < -0.4 is 9.62 Å². The third-order valence-corrected chi connectivity index (χ3v) is 6.19. The molecule has 154 valence electrons. The molecule has 1 amide bonds. The minimum atomic E-state index is -3.63. The summed E-state index contributed by atoms with van der Waals surface area (Å²) in [5.41, 5.74) is 1.52. The van der Waals surface area contributed by atoms with Gasteiger partial charge in [-0.25, -0.2) is 8.42 Å². The lowest BCUT2D eigenvalue weighted by Crippen LogP contribution is -2.40. The molecule has 0 radical (unpaired) electrons. The summed E-state index contributed by atoms with van der Waals surface area (Å²) in [6.45, 7) is 3.78. The highest BCUT2D eigenvalue weighted by atomic mass is 32.2. The summed E-state index contributed by atoms with van der Waals surface area (Å²) in [4.78, 5) is 17.4. The number of nitrogens with zero attached hydrogens (tertiary/aromatic N) is 3. The second-order valence-electron chi connectivity index (χ2n) is 6.78. The fourth-order valence-electron chi connectivity index (χ4n) is 2.62. The Morgan fingerprint density at radius 3 is 2.55 bits per heavy atom. The van der Waals surface area contributed by atoms with Gasteiger partial charge in [-0.1, -0.05) is 37.2 Å². The Balaban J connectivity index is 1.65. The Kier molecular flexibility index (Phi) is 6.33. The van der Waals surface area contributed by atoms with Gasteiger partial charge in [0.25, 0.3) is 0 Å². The van der Waals surface area contributed by atoms with E-state index in [1.807, 2.05) is 29.6 Å². The molecule has 2 heterocycles. The van der Waals surface area contributed by atoms with Crippen molar-refractivity contribution in [3.63, 3.8) is 0 Å². The number of anilines is 1. The van der Waals surface area contributed by atoms with Gasteiger partial charge < -0.3 is 9.84 Å². The van der Waals surface area contributed by atoms with E-state index in [-0.39, 0.29) is 19.0 Å². The number of aromatic nitrogens is 2. The average Bonchev–Trinajstić information content (AvgIpc) is 3.35. The molecule has 0 aliphatic carbocycles. The van der Waals surface area contributed by atoms with Gasteiger partial charge in [0.2, 0.25) is 27.6 Å². The summed E-state index contributed by atoms with van der Waals surface area (Å²) in [6, 6.07) is 10.9. The zero-order chi connectivity index (χ0) is 21.0. The third-order valence-electron chi connectivity index (χ3n) is 4.18. The summed E-state index contributed by atoms with van der Waals surface area (Å²) in [5, 5.41) is 8.40. The molecule has 3 rings (SSSR count). The van der Waals surface area contributed by atoms with E-state index in [0.29, 0.717) is 17.4 Å². The van der Waals surface area contributed by atoms with Gasteiger partial charge in [0, 0.05) is 0 Å². The molecule has 1 aromatic carbocycles. The minimum Gasteiger partial charge on any atom is -0.345 e. The Hall–Kier alpha value is -2.72. The van der Waals surface area contributed by atoms with Crippen LogP contribution in [0.25, 0.3) is 10.7 Å². The lowest BCUT2D eigenvalue weighted by molar-refractivity contribution is -0.119. The van der Waals surface area contributed by atoms with Crippen LogP contribution in [-0.4, -0.2) is 37.3 Å². The molecule has 0 atom stereocenters. The smallest absolute Gasteiger partial charge is 0.246 e. The number of benzene rings is 1. The molecule has 29 heavy (non-hydrogen) atoms. The van der Waals surface area contributed by atoms with Crippen molar-refractivity contribution in [3.05, 3.63) is 53.2 Å². The maximum atomic E-state index is 12.4. The lowest BCUT2D eigenvalue weighted by atomic mass is 10.0. The lowest BCUT2D eigenvalue weighted by Gasteiger charge is -2.22. The Morgan fingerprint density at radius 1 is 1.24 bits per heavy atom. The summed E-state index contributed by atoms with van der Waals surface area (Å²) >= 11 is 1.48. The number of hydrogen-bond acceptors (Lipinski definition) is 7. The van der Waals surface area contributed by atoms with Crippen LogP contribution in [0.2, 0.25) is 0 Å². The maximum Gasteiger partial charge on any atom is 0.246 e. The van der Waals surface area contributed by atoms with Crippen LogP contribution in [0.1, 0.15) is 31.2 Å². The Labute approximate surface area is 173 Å². The molecule has 0 aliphatic rings. The number of carbonyl (C=O) groups excluding carboxylic acids is 1. The van der Waals surface area contributed by atoms with E-state index >= 15 is 0 Å². The molecule has 0 spiro atoms. The van der Waals surface area contributed by atoms with Gasteiger partial charge in [0.1, 0.15) is 6.54 Å².